The first-order valence-corrected chi connectivity index (χ1v) is 4.30. The SMILES string of the molecule is C=C[CH]c1ccccc1C(C)C. The van der Waals surface area contributed by atoms with Crippen LogP contribution in [0.4, 0.5) is 0 Å². The average molecular weight is 159 g/mol. The minimum Gasteiger partial charge on any atom is -0.102 e. The molecule has 0 heterocycles. The van der Waals surface area contributed by atoms with Crippen molar-refractivity contribution in [2.75, 3.05) is 0 Å². The van der Waals surface area contributed by atoms with E-state index in [0.717, 1.165) is 0 Å². The molecule has 0 amide bonds. The van der Waals surface area contributed by atoms with E-state index in [2.05, 4.69) is 51.1 Å². The summed E-state index contributed by atoms with van der Waals surface area (Å²) in [5.41, 5.74) is 2.67. The summed E-state index contributed by atoms with van der Waals surface area (Å²) >= 11 is 0. The highest BCUT2D eigenvalue weighted by molar-refractivity contribution is 5.37. The third kappa shape index (κ3) is 1.97. The quantitative estimate of drug-likeness (QED) is 0.632. The smallest absolute Gasteiger partial charge is 0.0122 e. The Kier molecular flexibility index (Phi) is 3.09. The second kappa shape index (κ2) is 4.10. The number of rotatable bonds is 3. The lowest BCUT2D eigenvalue weighted by atomic mass is 9.95. The number of benzene rings is 1. The monoisotopic (exact) mass is 159 g/mol. The molecule has 0 nitrogen and oxygen atoms in total. The molecule has 1 aromatic carbocycles. The molecular weight excluding hydrogens is 144 g/mol. The molecule has 0 saturated carbocycles. The van der Waals surface area contributed by atoms with Gasteiger partial charge in [-0.05, 0) is 17.0 Å². The van der Waals surface area contributed by atoms with Gasteiger partial charge in [0.05, 0.1) is 0 Å². The second-order valence-corrected chi connectivity index (χ2v) is 3.19. The molecule has 0 fully saturated rings. The standard InChI is InChI=1S/C12H15/c1-4-7-11-8-5-6-9-12(11)10(2)3/h4-10H,1H2,2-3H3. The van der Waals surface area contributed by atoms with Crippen molar-refractivity contribution in [2.24, 2.45) is 0 Å². The van der Waals surface area contributed by atoms with E-state index in [1.165, 1.54) is 11.1 Å². The van der Waals surface area contributed by atoms with Crippen LogP contribution in [0.5, 0.6) is 0 Å². The third-order valence-electron chi connectivity index (χ3n) is 1.92. The van der Waals surface area contributed by atoms with Crippen LogP contribution < -0.4 is 0 Å². The molecule has 12 heavy (non-hydrogen) atoms. The average Bonchev–Trinajstić information content (AvgIpc) is 2.05. The van der Waals surface area contributed by atoms with Crippen molar-refractivity contribution < 1.29 is 0 Å². The minimum absolute atomic E-state index is 0.581. The molecule has 0 N–H and O–H groups in total. The Morgan fingerprint density at radius 1 is 1.25 bits per heavy atom. The van der Waals surface area contributed by atoms with E-state index in [0.29, 0.717) is 5.92 Å². The maximum atomic E-state index is 3.70. The summed E-state index contributed by atoms with van der Waals surface area (Å²) in [5.74, 6) is 0.581. The lowest BCUT2D eigenvalue weighted by Crippen LogP contribution is -1.92. The molecule has 0 saturated heterocycles. The van der Waals surface area contributed by atoms with Crippen molar-refractivity contribution in [3.63, 3.8) is 0 Å². The minimum atomic E-state index is 0.581. The van der Waals surface area contributed by atoms with Gasteiger partial charge >= 0.3 is 0 Å². The molecular formula is C12H15. The van der Waals surface area contributed by atoms with Crippen LogP contribution >= 0.6 is 0 Å². The van der Waals surface area contributed by atoms with E-state index in [9.17, 15) is 0 Å². The molecule has 63 valence electrons. The third-order valence-corrected chi connectivity index (χ3v) is 1.92. The Morgan fingerprint density at radius 2 is 1.92 bits per heavy atom. The van der Waals surface area contributed by atoms with Crippen molar-refractivity contribution in [1.29, 1.82) is 0 Å². The van der Waals surface area contributed by atoms with Crippen molar-refractivity contribution in [3.05, 3.63) is 54.5 Å². The molecule has 0 spiro atoms. The van der Waals surface area contributed by atoms with Gasteiger partial charge in [0.1, 0.15) is 0 Å². The Hall–Kier alpha value is -1.04. The summed E-state index contributed by atoms with van der Waals surface area (Å²) in [5, 5.41) is 0. The molecule has 0 aliphatic heterocycles. The van der Waals surface area contributed by atoms with Crippen LogP contribution in [-0.2, 0) is 0 Å². The molecule has 1 rings (SSSR count). The van der Waals surface area contributed by atoms with Gasteiger partial charge in [-0.2, -0.15) is 0 Å². The fourth-order valence-electron chi connectivity index (χ4n) is 1.32. The Labute approximate surface area is 74.9 Å². The van der Waals surface area contributed by atoms with Crippen molar-refractivity contribution in [3.8, 4) is 0 Å². The van der Waals surface area contributed by atoms with Crippen LogP contribution in [0.3, 0.4) is 0 Å². The van der Waals surface area contributed by atoms with Crippen molar-refractivity contribution in [2.45, 2.75) is 19.8 Å². The number of allylic oxidation sites excluding steroid dienone is 1. The van der Waals surface area contributed by atoms with Gasteiger partial charge < -0.3 is 0 Å². The molecule has 0 bridgehead atoms. The zero-order valence-electron chi connectivity index (χ0n) is 7.75. The highest BCUT2D eigenvalue weighted by Crippen LogP contribution is 2.20. The first-order chi connectivity index (χ1) is 5.75. The van der Waals surface area contributed by atoms with Gasteiger partial charge in [-0.3, -0.25) is 0 Å². The summed E-state index contributed by atoms with van der Waals surface area (Å²) in [6, 6.07) is 8.42. The molecule has 0 aromatic heterocycles. The van der Waals surface area contributed by atoms with E-state index in [-0.39, 0.29) is 0 Å². The van der Waals surface area contributed by atoms with Gasteiger partial charge in [0.2, 0.25) is 0 Å². The topological polar surface area (TPSA) is 0 Å². The van der Waals surface area contributed by atoms with Crippen LogP contribution in [0, 0.1) is 6.42 Å². The predicted molar refractivity (Wildman–Crippen MR) is 54.1 cm³/mol. The lowest BCUT2D eigenvalue weighted by Gasteiger charge is -2.09. The van der Waals surface area contributed by atoms with E-state index in [1.807, 2.05) is 6.08 Å². The van der Waals surface area contributed by atoms with Crippen LogP contribution in [0.2, 0.25) is 0 Å². The fourth-order valence-corrected chi connectivity index (χ4v) is 1.32. The first kappa shape index (κ1) is 9.05. The van der Waals surface area contributed by atoms with Gasteiger partial charge in [-0.15, -0.1) is 6.58 Å². The first-order valence-electron chi connectivity index (χ1n) is 4.30. The summed E-state index contributed by atoms with van der Waals surface area (Å²) in [4.78, 5) is 0. The maximum Gasteiger partial charge on any atom is 0.0122 e. The van der Waals surface area contributed by atoms with Crippen LogP contribution in [0.1, 0.15) is 30.9 Å². The Balaban J connectivity index is 2.99. The second-order valence-electron chi connectivity index (χ2n) is 3.19. The summed E-state index contributed by atoms with van der Waals surface area (Å²) in [7, 11) is 0. The van der Waals surface area contributed by atoms with Gasteiger partial charge in [0.25, 0.3) is 0 Å². The van der Waals surface area contributed by atoms with Crippen molar-refractivity contribution >= 4 is 0 Å². The fraction of sp³-hybridized carbons (Fsp3) is 0.250. The van der Waals surface area contributed by atoms with E-state index in [4.69, 9.17) is 0 Å². The van der Waals surface area contributed by atoms with E-state index >= 15 is 0 Å². The maximum absolute atomic E-state index is 3.70. The van der Waals surface area contributed by atoms with Gasteiger partial charge in [0, 0.05) is 6.42 Å². The highest BCUT2D eigenvalue weighted by Gasteiger charge is 2.03. The molecule has 0 heteroatoms. The van der Waals surface area contributed by atoms with Gasteiger partial charge in [0.15, 0.2) is 0 Å². The zero-order valence-corrected chi connectivity index (χ0v) is 7.75. The Bertz CT molecular complexity index is 258. The molecule has 1 radical (unpaired) electrons. The highest BCUT2D eigenvalue weighted by atomic mass is 14.1. The number of hydrogen-bond donors (Lipinski definition) is 0. The molecule has 0 atom stereocenters. The lowest BCUT2D eigenvalue weighted by molar-refractivity contribution is 0.860. The van der Waals surface area contributed by atoms with E-state index in [1.54, 1.807) is 0 Å². The summed E-state index contributed by atoms with van der Waals surface area (Å²) in [6.07, 6.45) is 3.89. The number of hydrogen-bond acceptors (Lipinski definition) is 0. The molecule has 0 aliphatic rings. The largest absolute Gasteiger partial charge is 0.102 e. The van der Waals surface area contributed by atoms with E-state index < -0.39 is 0 Å². The van der Waals surface area contributed by atoms with Crippen LogP contribution in [0.25, 0.3) is 0 Å². The normalized spacial score (nSPS) is 10.2. The van der Waals surface area contributed by atoms with Gasteiger partial charge in [-0.1, -0.05) is 44.2 Å². The summed E-state index contributed by atoms with van der Waals surface area (Å²) in [6.45, 7) is 8.11. The molecule has 0 aliphatic carbocycles. The van der Waals surface area contributed by atoms with Gasteiger partial charge in [-0.25, -0.2) is 0 Å². The Morgan fingerprint density at radius 3 is 2.50 bits per heavy atom. The molecule has 0 unspecified atom stereocenters. The van der Waals surface area contributed by atoms with Crippen LogP contribution in [0.15, 0.2) is 36.9 Å². The predicted octanol–water partition coefficient (Wildman–Crippen LogP) is 3.55. The zero-order chi connectivity index (χ0) is 8.97. The van der Waals surface area contributed by atoms with Crippen LogP contribution in [-0.4, -0.2) is 0 Å². The molecule has 1 aromatic rings. The van der Waals surface area contributed by atoms with Crippen molar-refractivity contribution in [1.82, 2.24) is 0 Å². The summed E-state index contributed by atoms with van der Waals surface area (Å²) < 4.78 is 0.